The zero-order valence-electron chi connectivity index (χ0n) is 22.4. The molecule has 2 N–H and O–H groups in total. The molecular weight excluding hydrogens is 482 g/mol. The summed E-state index contributed by atoms with van der Waals surface area (Å²) >= 11 is 0. The first-order valence-corrected chi connectivity index (χ1v) is 12.6. The number of aromatic nitrogens is 1. The Kier molecular flexibility index (Phi) is 7.85. The first kappa shape index (κ1) is 26.5. The number of amides is 4. The normalized spacial score (nSPS) is 14.1. The van der Waals surface area contributed by atoms with Gasteiger partial charge < -0.3 is 24.8 Å². The van der Waals surface area contributed by atoms with E-state index in [0.29, 0.717) is 11.4 Å². The third-order valence-electron chi connectivity index (χ3n) is 6.65. The summed E-state index contributed by atoms with van der Waals surface area (Å²) in [6, 6.07) is 16.6. The van der Waals surface area contributed by atoms with Crippen LogP contribution in [0.1, 0.15) is 30.8 Å². The molecule has 0 saturated carbocycles. The third kappa shape index (κ3) is 5.27. The van der Waals surface area contributed by atoms with Crippen LogP contribution >= 0.6 is 0 Å². The summed E-state index contributed by atoms with van der Waals surface area (Å²) in [5.41, 5.74) is 5.49. The van der Waals surface area contributed by atoms with Gasteiger partial charge in [0.15, 0.2) is 0 Å². The van der Waals surface area contributed by atoms with Crippen molar-refractivity contribution in [3.05, 3.63) is 77.2 Å². The van der Waals surface area contributed by atoms with Crippen LogP contribution in [0.25, 0.3) is 11.8 Å². The number of hydrogen-bond donors (Lipinski definition) is 2. The number of urea groups is 1. The number of imide groups is 1. The van der Waals surface area contributed by atoms with E-state index in [4.69, 9.17) is 4.74 Å². The van der Waals surface area contributed by atoms with Crippen molar-refractivity contribution < 1.29 is 19.1 Å². The van der Waals surface area contributed by atoms with E-state index in [9.17, 15) is 14.4 Å². The summed E-state index contributed by atoms with van der Waals surface area (Å²) in [5.74, 6) is -0.583. The predicted octanol–water partition coefficient (Wildman–Crippen LogP) is 4.48. The standard InChI is InChI=1S/C29H33N5O4/c1-6-32(7-2)22-12-14-23(15-13-22)34-19(3)16-21(20(34)4)17-25-28(36)33(29(37)31-25)18-27(35)30-24-10-8-9-11-26(24)38-5/h8-17H,6-7,18H2,1-5H3,(H,30,35)(H,31,37)/b25-17+. The van der Waals surface area contributed by atoms with Crippen molar-refractivity contribution >= 4 is 35.3 Å². The van der Waals surface area contributed by atoms with Gasteiger partial charge in [-0.2, -0.15) is 0 Å². The van der Waals surface area contributed by atoms with Gasteiger partial charge in [-0.3, -0.25) is 9.59 Å². The van der Waals surface area contributed by atoms with Crippen LogP contribution in [0.15, 0.2) is 60.3 Å². The van der Waals surface area contributed by atoms with Crippen LogP contribution in [0.4, 0.5) is 16.2 Å². The van der Waals surface area contributed by atoms with E-state index in [1.807, 2.05) is 19.9 Å². The van der Waals surface area contributed by atoms with E-state index in [1.54, 1.807) is 30.3 Å². The predicted molar refractivity (Wildman–Crippen MR) is 149 cm³/mol. The van der Waals surface area contributed by atoms with Gasteiger partial charge in [0.25, 0.3) is 5.91 Å². The molecule has 4 amide bonds. The molecule has 1 saturated heterocycles. The van der Waals surface area contributed by atoms with Gasteiger partial charge in [-0.1, -0.05) is 12.1 Å². The lowest BCUT2D eigenvalue weighted by molar-refractivity contribution is -0.127. The molecule has 3 aromatic rings. The van der Waals surface area contributed by atoms with E-state index >= 15 is 0 Å². The molecule has 38 heavy (non-hydrogen) atoms. The number of benzene rings is 2. The molecule has 9 nitrogen and oxygen atoms in total. The van der Waals surface area contributed by atoms with Crippen molar-refractivity contribution in [1.29, 1.82) is 0 Å². The smallest absolute Gasteiger partial charge is 0.329 e. The minimum atomic E-state index is -0.641. The summed E-state index contributed by atoms with van der Waals surface area (Å²) in [4.78, 5) is 41.3. The number of hydrogen-bond acceptors (Lipinski definition) is 5. The van der Waals surface area contributed by atoms with Crippen LogP contribution in [-0.4, -0.2) is 54.1 Å². The maximum Gasteiger partial charge on any atom is 0.329 e. The van der Waals surface area contributed by atoms with Crippen molar-refractivity contribution in [2.75, 3.05) is 37.0 Å². The molecule has 0 aliphatic carbocycles. The Balaban J connectivity index is 1.51. The van der Waals surface area contributed by atoms with Gasteiger partial charge in [-0.05, 0) is 81.8 Å². The highest BCUT2D eigenvalue weighted by molar-refractivity contribution is 6.16. The lowest BCUT2D eigenvalue weighted by atomic mass is 10.2. The maximum atomic E-state index is 13.0. The highest BCUT2D eigenvalue weighted by atomic mass is 16.5. The van der Waals surface area contributed by atoms with Crippen LogP contribution in [0.2, 0.25) is 0 Å². The highest BCUT2D eigenvalue weighted by Gasteiger charge is 2.35. The van der Waals surface area contributed by atoms with Crippen molar-refractivity contribution in [1.82, 2.24) is 14.8 Å². The second-order valence-corrected chi connectivity index (χ2v) is 8.98. The van der Waals surface area contributed by atoms with Crippen LogP contribution in [-0.2, 0) is 9.59 Å². The molecule has 1 aromatic heterocycles. The average Bonchev–Trinajstić information content (AvgIpc) is 3.34. The molecule has 0 bridgehead atoms. The number of ether oxygens (including phenoxy) is 1. The summed E-state index contributed by atoms with van der Waals surface area (Å²) < 4.78 is 7.34. The Morgan fingerprint density at radius 3 is 2.39 bits per heavy atom. The summed E-state index contributed by atoms with van der Waals surface area (Å²) in [6.07, 6.45) is 1.65. The fraction of sp³-hybridized carbons (Fsp3) is 0.276. The zero-order chi connectivity index (χ0) is 27.4. The van der Waals surface area contributed by atoms with Crippen LogP contribution < -0.4 is 20.3 Å². The topological polar surface area (TPSA) is 95.9 Å². The van der Waals surface area contributed by atoms with E-state index < -0.39 is 24.4 Å². The molecule has 0 atom stereocenters. The molecule has 0 radical (unpaired) electrons. The monoisotopic (exact) mass is 515 g/mol. The second-order valence-electron chi connectivity index (χ2n) is 8.98. The molecule has 9 heteroatoms. The Bertz CT molecular complexity index is 1390. The third-order valence-corrected chi connectivity index (χ3v) is 6.65. The molecule has 1 fully saturated rings. The Labute approximate surface area is 222 Å². The quantitative estimate of drug-likeness (QED) is 0.324. The fourth-order valence-corrected chi connectivity index (χ4v) is 4.68. The molecule has 198 valence electrons. The second kappa shape index (κ2) is 11.2. The lowest BCUT2D eigenvalue weighted by Gasteiger charge is -2.21. The molecular formula is C29H33N5O4. The largest absolute Gasteiger partial charge is 0.495 e. The first-order chi connectivity index (χ1) is 18.3. The molecule has 1 aliphatic heterocycles. The van der Waals surface area contributed by atoms with Crippen LogP contribution in [0.3, 0.4) is 0 Å². The zero-order valence-corrected chi connectivity index (χ0v) is 22.4. The minimum absolute atomic E-state index is 0.122. The average molecular weight is 516 g/mol. The minimum Gasteiger partial charge on any atom is -0.495 e. The number of nitrogens with one attached hydrogen (secondary N) is 2. The number of anilines is 2. The van der Waals surface area contributed by atoms with Gasteiger partial charge in [0.2, 0.25) is 5.91 Å². The van der Waals surface area contributed by atoms with E-state index in [2.05, 4.69) is 58.2 Å². The first-order valence-electron chi connectivity index (χ1n) is 12.6. The molecule has 0 unspecified atom stereocenters. The molecule has 2 heterocycles. The number of carbonyl (C=O) groups is 3. The van der Waals surface area contributed by atoms with E-state index in [1.165, 1.54) is 7.11 Å². The fourth-order valence-electron chi connectivity index (χ4n) is 4.68. The number of carbonyl (C=O) groups excluding carboxylic acids is 3. The van der Waals surface area contributed by atoms with Crippen LogP contribution in [0, 0.1) is 13.8 Å². The summed E-state index contributed by atoms with van der Waals surface area (Å²) in [6.45, 7) is 9.69. The van der Waals surface area contributed by atoms with Gasteiger partial charge in [0.05, 0.1) is 12.8 Å². The van der Waals surface area contributed by atoms with Crippen molar-refractivity contribution in [3.8, 4) is 11.4 Å². The molecule has 0 spiro atoms. The number of nitrogens with zero attached hydrogens (tertiary/aromatic N) is 3. The van der Waals surface area contributed by atoms with Gasteiger partial charge >= 0.3 is 6.03 Å². The van der Waals surface area contributed by atoms with E-state index in [0.717, 1.165) is 46.3 Å². The Morgan fingerprint density at radius 1 is 1.05 bits per heavy atom. The van der Waals surface area contributed by atoms with E-state index in [-0.39, 0.29) is 5.70 Å². The van der Waals surface area contributed by atoms with Gasteiger partial charge in [0.1, 0.15) is 18.0 Å². The highest BCUT2D eigenvalue weighted by Crippen LogP contribution is 2.26. The maximum absolute atomic E-state index is 13.0. The SMILES string of the molecule is CCN(CC)c1ccc(-n2c(C)cc(/C=C3/NC(=O)N(CC(=O)Nc4ccccc4OC)C3=O)c2C)cc1. The van der Waals surface area contributed by atoms with Crippen molar-refractivity contribution in [3.63, 3.8) is 0 Å². The van der Waals surface area contributed by atoms with Crippen molar-refractivity contribution in [2.24, 2.45) is 0 Å². The van der Waals surface area contributed by atoms with Gasteiger partial charge in [-0.15, -0.1) is 0 Å². The summed E-state index contributed by atoms with van der Waals surface area (Å²) in [5, 5.41) is 5.29. The molecule has 1 aliphatic rings. The molecule has 2 aromatic carbocycles. The van der Waals surface area contributed by atoms with Gasteiger partial charge in [0, 0.05) is 35.9 Å². The molecule has 4 rings (SSSR count). The lowest BCUT2D eigenvalue weighted by Crippen LogP contribution is -2.38. The Morgan fingerprint density at radius 2 is 1.74 bits per heavy atom. The van der Waals surface area contributed by atoms with Crippen molar-refractivity contribution in [2.45, 2.75) is 27.7 Å². The number of para-hydroxylation sites is 2. The number of methoxy groups -OCH3 is 1. The Hall–Kier alpha value is -4.53. The van der Waals surface area contributed by atoms with Gasteiger partial charge in [-0.25, -0.2) is 9.69 Å². The number of aryl methyl sites for hydroxylation is 1. The van der Waals surface area contributed by atoms with Crippen LogP contribution in [0.5, 0.6) is 5.75 Å². The summed E-state index contributed by atoms with van der Waals surface area (Å²) in [7, 11) is 1.50. The number of rotatable bonds is 9.